The Labute approximate surface area is 133 Å². The molecule has 1 amide bonds. The van der Waals surface area contributed by atoms with Gasteiger partial charge in [-0.2, -0.15) is 16.7 Å². The highest BCUT2D eigenvalue weighted by Gasteiger charge is 2.28. The van der Waals surface area contributed by atoms with Gasteiger partial charge in [0, 0.05) is 5.92 Å². The maximum Gasteiger partial charge on any atom is 0.246 e. The first kappa shape index (κ1) is 15.1. The Bertz CT molecular complexity index is 611. The van der Waals surface area contributed by atoms with Gasteiger partial charge in [0.1, 0.15) is 0 Å². The summed E-state index contributed by atoms with van der Waals surface area (Å²) >= 11 is 1.63. The fraction of sp³-hybridized carbons (Fsp3) is 0.438. The Balaban J connectivity index is 1.30. The second-order valence-corrected chi connectivity index (χ2v) is 6.49. The van der Waals surface area contributed by atoms with E-state index in [-0.39, 0.29) is 5.91 Å². The quantitative estimate of drug-likeness (QED) is 0.758. The molecule has 0 atom stereocenters. The van der Waals surface area contributed by atoms with Crippen molar-refractivity contribution in [1.82, 2.24) is 15.5 Å². The van der Waals surface area contributed by atoms with E-state index in [1.54, 1.807) is 11.8 Å². The lowest BCUT2D eigenvalue weighted by atomic mass is 10.2. The van der Waals surface area contributed by atoms with Gasteiger partial charge in [0.25, 0.3) is 0 Å². The molecular weight excluding hydrogens is 298 g/mol. The number of thioether (sulfide) groups is 1. The molecule has 116 valence electrons. The molecule has 0 bridgehead atoms. The van der Waals surface area contributed by atoms with Gasteiger partial charge in [-0.25, -0.2) is 0 Å². The third kappa shape index (κ3) is 4.59. The molecule has 1 N–H and O–H groups in total. The van der Waals surface area contributed by atoms with Crippen LogP contribution in [0.15, 0.2) is 34.9 Å². The third-order valence-electron chi connectivity index (χ3n) is 3.47. The van der Waals surface area contributed by atoms with Gasteiger partial charge < -0.3 is 9.84 Å². The van der Waals surface area contributed by atoms with E-state index in [2.05, 4.69) is 27.6 Å². The number of hydrogen-bond donors (Lipinski definition) is 1. The Hall–Kier alpha value is -1.82. The fourth-order valence-corrected chi connectivity index (χ4v) is 2.88. The third-order valence-corrected chi connectivity index (χ3v) is 4.43. The Kier molecular flexibility index (Phi) is 5.11. The first-order valence-corrected chi connectivity index (χ1v) is 8.67. The normalized spacial score (nSPS) is 14.0. The number of hydrogen-bond acceptors (Lipinski definition) is 5. The molecule has 22 heavy (non-hydrogen) atoms. The number of benzene rings is 1. The summed E-state index contributed by atoms with van der Waals surface area (Å²) in [7, 11) is 0. The lowest BCUT2D eigenvalue weighted by Gasteiger charge is -2.03. The van der Waals surface area contributed by atoms with Crippen LogP contribution in [0.3, 0.4) is 0 Å². The van der Waals surface area contributed by atoms with Crippen molar-refractivity contribution >= 4 is 17.7 Å². The van der Waals surface area contributed by atoms with E-state index in [1.807, 2.05) is 18.2 Å². The van der Waals surface area contributed by atoms with Crippen LogP contribution in [0.5, 0.6) is 0 Å². The van der Waals surface area contributed by atoms with Crippen LogP contribution in [-0.2, 0) is 17.8 Å². The van der Waals surface area contributed by atoms with Gasteiger partial charge in [0.15, 0.2) is 5.82 Å². The van der Waals surface area contributed by atoms with Gasteiger partial charge in [-0.3, -0.25) is 4.79 Å². The zero-order valence-electron chi connectivity index (χ0n) is 12.3. The number of nitrogens with one attached hydrogen (secondary N) is 1. The van der Waals surface area contributed by atoms with Crippen LogP contribution in [0.4, 0.5) is 0 Å². The molecule has 0 radical (unpaired) electrons. The number of amides is 1. The number of carbonyl (C=O) groups is 1. The maximum absolute atomic E-state index is 11.8. The smallest absolute Gasteiger partial charge is 0.246 e. The first-order chi connectivity index (χ1) is 10.8. The number of rotatable bonds is 8. The second kappa shape index (κ2) is 7.45. The summed E-state index contributed by atoms with van der Waals surface area (Å²) in [5.74, 6) is 3.14. The molecule has 6 heteroatoms. The highest BCUT2D eigenvalue weighted by Crippen LogP contribution is 2.37. The zero-order chi connectivity index (χ0) is 15.2. The van der Waals surface area contributed by atoms with E-state index in [4.69, 9.17) is 4.52 Å². The van der Waals surface area contributed by atoms with E-state index in [0.29, 0.717) is 24.1 Å². The Morgan fingerprint density at radius 3 is 2.91 bits per heavy atom. The van der Waals surface area contributed by atoms with E-state index >= 15 is 0 Å². The molecule has 1 aromatic carbocycles. The van der Waals surface area contributed by atoms with E-state index in [0.717, 1.165) is 30.8 Å². The van der Waals surface area contributed by atoms with Gasteiger partial charge in [-0.15, -0.1) is 0 Å². The highest BCUT2D eigenvalue weighted by atomic mass is 32.2. The van der Waals surface area contributed by atoms with Crippen LogP contribution >= 0.6 is 11.8 Å². The van der Waals surface area contributed by atoms with E-state index in [1.165, 1.54) is 5.56 Å². The first-order valence-electron chi connectivity index (χ1n) is 7.52. The summed E-state index contributed by atoms with van der Waals surface area (Å²) in [6, 6.07) is 10.3. The molecule has 1 saturated carbocycles. The van der Waals surface area contributed by atoms with Crippen molar-refractivity contribution in [1.29, 1.82) is 0 Å². The van der Waals surface area contributed by atoms with Crippen LogP contribution in [0.2, 0.25) is 0 Å². The van der Waals surface area contributed by atoms with Crippen LogP contribution < -0.4 is 5.32 Å². The molecule has 1 aliphatic rings. The largest absolute Gasteiger partial charge is 0.346 e. The average molecular weight is 317 g/mol. The number of aromatic nitrogens is 2. The lowest BCUT2D eigenvalue weighted by molar-refractivity contribution is -0.118. The summed E-state index contributed by atoms with van der Waals surface area (Å²) in [5.41, 5.74) is 1.30. The molecule has 5 nitrogen and oxygen atoms in total. The van der Waals surface area contributed by atoms with Gasteiger partial charge in [-0.05, 0) is 30.6 Å². The molecule has 0 aliphatic heterocycles. The van der Waals surface area contributed by atoms with E-state index in [9.17, 15) is 4.79 Å². The molecular formula is C16H19N3O2S. The summed E-state index contributed by atoms with van der Waals surface area (Å²) in [5, 5.41) is 6.74. The minimum Gasteiger partial charge on any atom is -0.346 e. The Morgan fingerprint density at radius 2 is 2.14 bits per heavy atom. The summed E-state index contributed by atoms with van der Waals surface area (Å²) in [6.45, 7) is 0.317. The monoisotopic (exact) mass is 317 g/mol. The van der Waals surface area contributed by atoms with Crippen molar-refractivity contribution in [3.8, 4) is 0 Å². The predicted octanol–water partition coefficient (Wildman–Crippen LogP) is 2.54. The summed E-state index contributed by atoms with van der Waals surface area (Å²) < 4.78 is 5.12. The molecule has 0 spiro atoms. The van der Waals surface area contributed by atoms with Crippen molar-refractivity contribution in [3.63, 3.8) is 0 Å². The van der Waals surface area contributed by atoms with Crippen LogP contribution in [-0.4, -0.2) is 27.6 Å². The van der Waals surface area contributed by atoms with Crippen LogP contribution in [0.25, 0.3) is 0 Å². The standard InChI is InChI=1S/C16H19N3O2S/c20-14(11-22-9-8-12-4-2-1-3-5-12)17-10-15-18-16(19-21-15)13-6-7-13/h1-5,13H,6-11H2,(H,17,20). The minimum absolute atomic E-state index is 0.00392. The van der Waals surface area contributed by atoms with Crippen molar-refractivity contribution in [2.24, 2.45) is 0 Å². The van der Waals surface area contributed by atoms with E-state index < -0.39 is 0 Å². The zero-order valence-corrected chi connectivity index (χ0v) is 13.1. The molecule has 1 aromatic heterocycles. The lowest BCUT2D eigenvalue weighted by Crippen LogP contribution is -2.25. The predicted molar refractivity (Wildman–Crippen MR) is 85.6 cm³/mol. The van der Waals surface area contributed by atoms with Crippen molar-refractivity contribution in [3.05, 3.63) is 47.6 Å². The SMILES string of the molecule is O=C(CSCCc1ccccc1)NCc1nc(C2CC2)no1. The molecule has 1 heterocycles. The van der Waals surface area contributed by atoms with Crippen molar-refractivity contribution in [2.75, 3.05) is 11.5 Å². The van der Waals surface area contributed by atoms with Crippen LogP contribution in [0.1, 0.15) is 36.0 Å². The van der Waals surface area contributed by atoms with Gasteiger partial charge in [0.2, 0.25) is 11.8 Å². The minimum atomic E-state index is 0.00392. The molecule has 3 rings (SSSR count). The van der Waals surface area contributed by atoms with Crippen LogP contribution in [0, 0.1) is 0 Å². The molecule has 0 saturated heterocycles. The van der Waals surface area contributed by atoms with Crippen molar-refractivity contribution in [2.45, 2.75) is 31.7 Å². The van der Waals surface area contributed by atoms with Gasteiger partial charge in [0.05, 0.1) is 12.3 Å². The second-order valence-electron chi connectivity index (χ2n) is 5.39. The highest BCUT2D eigenvalue weighted by molar-refractivity contribution is 7.99. The number of nitrogens with zero attached hydrogens (tertiary/aromatic N) is 2. The molecule has 2 aromatic rings. The Morgan fingerprint density at radius 1 is 1.32 bits per heavy atom. The summed E-state index contributed by atoms with van der Waals surface area (Å²) in [6.07, 6.45) is 3.26. The number of aryl methyl sites for hydroxylation is 1. The number of carbonyl (C=O) groups excluding carboxylic acids is 1. The molecule has 0 unspecified atom stereocenters. The fourth-order valence-electron chi connectivity index (χ4n) is 2.07. The van der Waals surface area contributed by atoms with Crippen molar-refractivity contribution < 1.29 is 9.32 Å². The molecule has 1 fully saturated rings. The van der Waals surface area contributed by atoms with Gasteiger partial charge in [-0.1, -0.05) is 35.5 Å². The van der Waals surface area contributed by atoms with Gasteiger partial charge >= 0.3 is 0 Å². The maximum atomic E-state index is 11.8. The topological polar surface area (TPSA) is 68.0 Å². The molecule has 1 aliphatic carbocycles. The average Bonchev–Trinajstić information content (AvgIpc) is 3.29. The summed E-state index contributed by atoms with van der Waals surface area (Å²) in [4.78, 5) is 16.0.